The third-order valence-electron chi connectivity index (χ3n) is 4.56. The van der Waals surface area contributed by atoms with Crippen molar-refractivity contribution >= 4 is 23.0 Å². The summed E-state index contributed by atoms with van der Waals surface area (Å²) in [5, 5.41) is 0. The zero-order valence-corrected chi connectivity index (χ0v) is 14.4. The minimum atomic E-state index is 0.0848. The molecule has 0 aliphatic carbocycles. The average Bonchev–Trinajstić information content (AvgIpc) is 3.06. The fourth-order valence-corrected chi connectivity index (χ4v) is 3.20. The molecule has 0 atom stereocenters. The molecule has 4 aromatic rings. The topological polar surface area (TPSA) is 25.9 Å². The molecule has 1 heterocycles. The van der Waals surface area contributed by atoms with E-state index >= 15 is 0 Å². The van der Waals surface area contributed by atoms with Gasteiger partial charge in [-0.2, -0.15) is 0 Å². The molecule has 0 N–H and O–H groups in total. The fraction of sp³-hybridized carbons (Fsp3) is 0.0435. The molecule has 0 aliphatic rings. The fourth-order valence-electron chi connectivity index (χ4n) is 3.20. The standard InChI is InChI=1S/C23H19N2O/c1-2-24-17-25(22-11-7-6-10-21(22)24)16-23(26)20-14-12-19(13-15-20)18-8-4-3-5-9-18/h2-15,17H,1,16H2/q+1. The molecule has 0 spiro atoms. The van der Waals surface area contributed by atoms with Crippen LogP contribution in [0, 0.1) is 0 Å². The number of para-hydroxylation sites is 2. The number of carbonyl (C=O) groups excluding carboxylic acids is 1. The van der Waals surface area contributed by atoms with Crippen LogP contribution in [0.4, 0.5) is 0 Å². The first-order valence-electron chi connectivity index (χ1n) is 8.56. The van der Waals surface area contributed by atoms with E-state index in [0.29, 0.717) is 12.1 Å². The molecule has 26 heavy (non-hydrogen) atoms. The van der Waals surface area contributed by atoms with Crippen molar-refractivity contribution in [2.45, 2.75) is 6.54 Å². The molecule has 3 nitrogen and oxygen atoms in total. The van der Waals surface area contributed by atoms with E-state index in [4.69, 9.17) is 0 Å². The van der Waals surface area contributed by atoms with Crippen molar-refractivity contribution in [2.24, 2.45) is 0 Å². The van der Waals surface area contributed by atoms with Gasteiger partial charge in [-0.25, -0.2) is 9.13 Å². The molecule has 0 bridgehead atoms. The number of Topliss-reactive ketones (excluding diaryl/α,β-unsaturated/α-hetero) is 1. The van der Waals surface area contributed by atoms with Gasteiger partial charge >= 0.3 is 0 Å². The molecule has 0 aliphatic heterocycles. The Hall–Kier alpha value is -3.46. The Morgan fingerprint density at radius 2 is 1.54 bits per heavy atom. The van der Waals surface area contributed by atoms with Crippen LogP contribution in [0.5, 0.6) is 0 Å². The van der Waals surface area contributed by atoms with Crippen LogP contribution in [-0.4, -0.2) is 10.4 Å². The number of aromatic nitrogens is 2. The van der Waals surface area contributed by atoms with E-state index in [2.05, 4.69) is 18.7 Å². The van der Waals surface area contributed by atoms with Gasteiger partial charge in [0.05, 0.1) is 6.20 Å². The Bertz CT molecular complexity index is 1080. The Balaban J connectivity index is 1.60. The maximum atomic E-state index is 12.7. The molecule has 4 rings (SSSR count). The Kier molecular flexibility index (Phi) is 4.20. The van der Waals surface area contributed by atoms with Crippen LogP contribution in [0.1, 0.15) is 10.4 Å². The van der Waals surface area contributed by atoms with Crippen molar-refractivity contribution in [3.05, 3.63) is 97.3 Å². The number of hydrogen-bond donors (Lipinski definition) is 0. The maximum absolute atomic E-state index is 12.7. The van der Waals surface area contributed by atoms with Gasteiger partial charge in [-0.3, -0.25) is 4.79 Å². The normalized spacial score (nSPS) is 10.8. The summed E-state index contributed by atoms with van der Waals surface area (Å²) in [5.74, 6) is 0.0848. The number of carbonyl (C=O) groups is 1. The quantitative estimate of drug-likeness (QED) is 0.386. The number of ketones is 1. The molecule has 0 unspecified atom stereocenters. The molecule has 1 aromatic heterocycles. The summed E-state index contributed by atoms with van der Waals surface area (Å²) in [7, 11) is 0. The van der Waals surface area contributed by atoms with Gasteiger partial charge in [-0.1, -0.05) is 73.3 Å². The van der Waals surface area contributed by atoms with E-state index in [9.17, 15) is 4.79 Å². The van der Waals surface area contributed by atoms with Crippen LogP contribution in [-0.2, 0) is 6.54 Å². The van der Waals surface area contributed by atoms with Gasteiger partial charge in [-0.15, -0.1) is 0 Å². The monoisotopic (exact) mass is 339 g/mol. The van der Waals surface area contributed by atoms with E-state index in [-0.39, 0.29) is 5.78 Å². The lowest BCUT2D eigenvalue weighted by Gasteiger charge is -2.03. The minimum absolute atomic E-state index is 0.0848. The second-order valence-electron chi connectivity index (χ2n) is 6.19. The van der Waals surface area contributed by atoms with Crippen molar-refractivity contribution in [3.8, 4) is 11.1 Å². The Morgan fingerprint density at radius 1 is 0.885 bits per heavy atom. The summed E-state index contributed by atoms with van der Waals surface area (Å²) < 4.78 is 3.89. The highest BCUT2D eigenvalue weighted by atomic mass is 16.1. The molecule has 0 amide bonds. The zero-order valence-electron chi connectivity index (χ0n) is 14.4. The van der Waals surface area contributed by atoms with Crippen molar-refractivity contribution in [2.75, 3.05) is 0 Å². The summed E-state index contributed by atoms with van der Waals surface area (Å²) in [4.78, 5) is 12.7. The van der Waals surface area contributed by atoms with Gasteiger partial charge in [0.1, 0.15) is 0 Å². The molecule has 3 aromatic carbocycles. The molecular weight excluding hydrogens is 320 g/mol. The molecule has 0 radical (unpaired) electrons. The summed E-state index contributed by atoms with van der Waals surface area (Å²) >= 11 is 0. The minimum Gasteiger partial charge on any atom is -0.290 e. The van der Waals surface area contributed by atoms with Gasteiger partial charge in [0.25, 0.3) is 0 Å². The average molecular weight is 339 g/mol. The van der Waals surface area contributed by atoms with Gasteiger partial charge < -0.3 is 0 Å². The molecule has 0 saturated carbocycles. The molecular formula is C23H19N2O+. The summed E-state index contributed by atoms with van der Waals surface area (Å²) in [6.45, 7) is 4.13. The number of imidazole rings is 1. The maximum Gasteiger partial charge on any atom is 0.249 e. The van der Waals surface area contributed by atoms with E-state index in [1.165, 1.54) is 0 Å². The second-order valence-corrected chi connectivity index (χ2v) is 6.19. The van der Waals surface area contributed by atoms with Crippen LogP contribution in [0.3, 0.4) is 0 Å². The number of fused-ring (bicyclic) bond motifs is 1. The van der Waals surface area contributed by atoms with E-state index in [1.807, 2.05) is 82.2 Å². The number of benzene rings is 3. The second kappa shape index (κ2) is 6.81. The Morgan fingerprint density at radius 3 is 2.27 bits per heavy atom. The lowest BCUT2D eigenvalue weighted by Crippen LogP contribution is -2.36. The van der Waals surface area contributed by atoms with Crippen LogP contribution < -0.4 is 4.57 Å². The Labute approximate surface area is 152 Å². The largest absolute Gasteiger partial charge is 0.290 e. The summed E-state index contributed by atoms with van der Waals surface area (Å²) in [6.07, 6.45) is 3.66. The van der Waals surface area contributed by atoms with E-state index < -0.39 is 0 Å². The van der Waals surface area contributed by atoms with Gasteiger partial charge in [0.2, 0.25) is 12.1 Å². The first-order valence-corrected chi connectivity index (χ1v) is 8.56. The third kappa shape index (κ3) is 2.95. The van der Waals surface area contributed by atoms with Crippen LogP contribution >= 0.6 is 0 Å². The predicted molar refractivity (Wildman–Crippen MR) is 105 cm³/mol. The summed E-state index contributed by atoms with van der Waals surface area (Å²) in [5.41, 5.74) is 5.02. The van der Waals surface area contributed by atoms with E-state index in [1.54, 1.807) is 6.20 Å². The number of hydrogen-bond acceptors (Lipinski definition) is 1. The molecule has 0 saturated heterocycles. The number of nitrogens with zero attached hydrogens (tertiary/aromatic N) is 2. The van der Waals surface area contributed by atoms with Crippen molar-refractivity contribution in [3.63, 3.8) is 0 Å². The molecule has 0 fully saturated rings. The summed E-state index contributed by atoms with van der Waals surface area (Å²) in [6, 6.07) is 26.0. The zero-order chi connectivity index (χ0) is 17.9. The van der Waals surface area contributed by atoms with Crippen LogP contribution in [0.2, 0.25) is 0 Å². The van der Waals surface area contributed by atoms with Gasteiger partial charge in [-0.05, 0) is 23.3 Å². The van der Waals surface area contributed by atoms with Crippen molar-refractivity contribution < 1.29 is 9.36 Å². The predicted octanol–water partition coefficient (Wildman–Crippen LogP) is 4.58. The lowest BCUT2D eigenvalue weighted by molar-refractivity contribution is -0.657. The van der Waals surface area contributed by atoms with E-state index in [0.717, 1.165) is 22.2 Å². The molecule has 126 valence electrons. The third-order valence-corrected chi connectivity index (χ3v) is 4.56. The first kappa shape index (κ1) is 16.0. The van der Waals surface area contributed by atoms with Crippen molar-refractivity contribution in [1.29, 1.82) is 0 Å². The van der Waals surface area contributed by atoms with Crippen LogP contribution in [0.25, 0.3) is 28.4 Å². The SMILES string of the molecule is C=Cn1c[n+](CC(=O)c2ccc(-c3ccccc3)cc2)c2ccccc21. The van der Waals surface area contributed by atoms with Crippen molar-refractivity contribution in [1.82, 2.24) is 4.57 Å². The first-order chi connectivity index (χ1) is 12.8. The molecule has 3 heteroatoms. The van der Waals surface area contributed by atoms with Gasteiger partial charge in [0, 0.05) is 5.56 Å². The number of rotatable bonds is 5. The highest BCUT2D eigenvalue weighted by Crippen LogP contribution is 2.19. The van der Waals surface area contributed by atoms with Gasteiger partial charge in [0.15, 0.2) is 17.6 Å². The van der Waals surface area contributed by atoms with Crippen LogP contribution in [0.15, 0.2) is 91.8 Å². The smallest absolute Gasteiger partial charge is 0.249 e. The lowest BCUT2D eigenvalue weighted by atomic mass is 10.0. The highest BCUT2D eigenvalue weighted by Gasteiger charge is 2.17. The highest BCUT2D eigenvalue weighted by molar-refractivity contribution is 5.95.